The Labute approximate surface area is 211 Å². The molecular weight excluding hydrogens is 476 g/mol. The Morgan fingerprint density at radius 2 is 1.61 bits per heavy atom. The number of nitrogens with one attached hydrogen (secondary N) is 1. The van der Waals surface area contributed by atoms with Gasteiger partial charge in [0.25, 0.3) is 0 Å². The number of anilines is 2. The number of benzene rings is 2. The lowest BCUT2D eigenvalue weighted by molar-refractivity contribution is -0.117. The Morgan fingerprint density at radius 1 is 0.944 bits per heavy atom. The lowest BCUT2D eigenvalue weighted by atomic mass is 9.75. The van der Waals surface area contributed by atoms with E-state index in [0.717, 1.165) is 18.4 Å². The van der Waals surface area contributed by atoms with Crippen molar-refractivity contribution < 1.29 is 18.0 Å². The highest BCUT2D eigenvalue weighted by Gasteiger charge is 2.47. The van der Waals surface area contributed by atoms with Crippen LogP contribution < -0.4 is 9.62 Å². The maximum Gasteiger partial charge on any atom is 0.238 e. The van der Waals surface area contributed by atoms with Crippen LogP contribution in [0.3, 0.4) is 0 Å². The van der Waals surface area contributed by atoms with Gasteiger partial charge in [-0.1, -0.05) is 36.4 Å². The van der Waals surface area contributed by atoms with Gasteiger partial charge in [-0.05, 0) is 56.3 Å². The molecule has 1 fully saturated rings. The normalized spacial score (nSPS) is 17.1. The molecule has 0 atom stereocenters. The minimum absolute atomic E-state index is 0.0613. The fraction of sp³-hybridized carbons (Fsp3) is 0.296. The third-order valence-electron chi connectivity index (χ3n) is 7.09. The van der Waals surface area contributed by atoms with Crippen LogP contribution in [-0.4, -0.2) is 62.4 Å². The van der Waals surface area contributed by atoms with E-state index in [0.29, 0.717) is 42.3 Å². The van der Waals surface area contributed by atoms with Crippen molar-refractivity contribution >= 4 is 33.2 Å². The number of aromatic nitrogens is 1. The fourth-order valence-electron chi connectivity index (χ4n) is 5.15. The van der Waals surface area contributed by atoms with E-state index in [4.69, 9.17) is 0 Å². The molecule has 0 bridgehead atoms. The lowest BCUT2D eigenvalue weighted by Crippen LogP contribution is -2.47. The molecule has 2 aromatic carbocycles. The van der Waals surface area contributed by atoms with Crippen LogP contribution in [0.4, 0.5) is 11.5 Å². The number of fused-ring (bicyclic) bond motifs is 2. The molecule has 1 aromatic heterocycles. The number of pyridine rings is 1. The second-order valence-electron chi connectivity index (χ2n) is 9.52. The van der Waals surface area contributed by atoms with Gasteiger partial charge in [-0.2, -0.15) is 0 Å². The molecule has 0 saturated carbocycles. The van der Waals surface area contributed by atoms with E-state index in [9.17, 15) is 18.0 Å². The smallest absolute Gasteiger partial charge is 0.238 e. The van der Waals surface area contributed by atoms with Crippen LogP contribution in [0.1, 0.15) is 34.3 Å². The van der Waals surface area contributed by atoms with Crippen molar-refractivity contribution in [2.24, 2.45) is 0 Å². The van der Waals surface area contributed by atoms with Crippen LogP contribution in [0.2, 0.25) is 0 Å². The maximum absolute atomic E-state index is 12.7. The number of amides is 1. The number of piperidine rings is 1. The monoisotopic (exact) mass is 504 g/mol. The summed E-state index contributed by atoms with van der Waals surface area (Å²) >= 11 is 0. The van der Waals surface area contributed by atoms with Crippen molar-refractivity contribution in [2.45, 2.75) is 18.3 Å². The van der Waals surface area contributed by atoms with Crippen molar-refractivity contribution in [2.75, 3.05) is 42.1 Å². The fourth-order valence-corrected chi connectivity index (χ4v) is 6.09. The van der Waals surface area contributed by atoms with Gasteiger partial charge in [0.1, 0.15) is 5.82 Å². The Bertz CT molecular complexity index is 1380. The average Bonchev–Trinajstić information content (AvgIpc) is 3.21. The summed E-state index contributed by atoms with van der Waals surface area (Å²) in [5.74, 6) is 0.341. The molecule has 3 heterocycles. The molecular formula is C27H28N4O4S. The van der Waals surface area contributed by atoms with Crippen LogP contribution in [0.5, 0.6) is 0 Å². The minimum atomic E-state index is -3.41. The zero-order valence-corrected chi connectivity index (χ0v) is 20.9. The van der Waals surface area contributed by atoms with Gasteiger partial charge in [-0.15, -0.1) is 0 Å². The summed E-state index contributed by atoms with van der Waals surface area (Å²) < 4.78 is 26.1. The SMILES string of the molecule is CS(=O)(=O)N1CC2(CCN(CC(=O)Nc3ccc(C(=O)c4ccccc4)cc3)CC2)c2cccnc21. The standard InChI is InChI=1S/C27H28N4O4S/c1-36(34,35)31-19-27(23-8-5-15-28-26(23)31)13-16-30(17-14-27)18-24(32)29-22-11-9-21(10-12-22)25(33)20-6-3-2-4-7-20/h2-12,15H,13-14,16-19H2,1H3,(H,29,32). The first-order valence-electron chi connectivity index (χ1n) is 11.9. The zero-order chi connectivity index (χ0) is 25.3. The van der Waals surface area contributed by atoms with Crippen molar-refractivity contribution in [3.05, 3.63) is 89.6 Å². The average molecular weight is 505 g/mol. The highest BCUT2D eigenvalue weighted by Crippen LogP contribution is 2.46. The largest absolute Gasteiger partial charge is 0.325 e. The summed E-state index contributed by atoms with van der Waals surface area (Å²) in [6.45, 7) is 2.01. The van der Waals surface area contributed by atoms with Crippen LogP contribution in [-0.2, 0) is 20.2 Å². The summed E-state index contributed by atoms with van der Waals surface area (Å²) in [7, 11) is -3.41. The molecule has 5 rings (SSSR count). The van der Waals surface area contributed by atoms with Gasteiger partial charge in [-0.25, -0.2) is 13.4 Å². The van der Waals surface area contributed by atoms with Gasteiger partial charge >= 0.3 is 0 Å². The lowest BCUT2D eigenvalue weighted by Gasteiger charge is -2.39. The number of nitrogens with zero attached hydrogens (tertiary/aromatic N) is 3. The molecule has 2 aliphatic heterocycles. The number of carbonyl (C=O) groups excluding carboxylic acids is 2. The molecule has 2 aliphatic rings. The summed E-state index contributed by atoms with van der Waals surface area (Å²) in [5, 5.41) is 2.91. The van der Waals surface area contributed by atoms with E-state index in [1.807, 2.05) is 30.3 Å². The van der Waals surface area contributed by atoms with Gasteiger partial charge in [0.05, 0.1) is 12.8 Å². The molecule has 3 aromatic rings. The second-order valence-corrected chi connectivity index (χ2v) is 11.4. The summed E-state index contributed by atoms with van der Waals surface area (Å²) in [6.07, 6.45) is 4.34. The first-order valence-corrected chi connectivity index (χ1v) is 13.8. The number of ketones is 1. The number of hydrogen-bond donors (Lipinski definition) is 1. The van der Waals surface area contributed by atoms with Crippen molar-refractivity contribution in [1.29, 1.82) is 0 Å². The topological polar surface area (TPSA) is 99.7 Å². The number of sulfonamides is 1. The number of likely N-dealkylation sites (tertiary alicyclic amines) is 1. The molecule has 36 heavy (non-hydrogen) atoms. The van der Waals surface area contributed by atoms with Gasteiger partial charge in [0.15, 0.2) is 5.78 Å². The molecule has 1 saturated heterocycles. The van der Waals surface area contributed by atoms with Crippen LogP contribution in [0.15, 0.2) is 72.9 Å². The van der Waals surface area contributed by atoms with Crippen LogP contribution in [0, 0.1) is 0 Å². The Hall–Kier alpha value is -3.56. The molecule has 186 valence electrons. The van der Waals surface area contributed by atoms with Crippen molar-refractivity contribution in [3.63, 3.8) is 0 Å². The van der Waals surface area contributed by atoms with Gasteiger partial charge < -0.3 is 5.32 Å². The van der Waals surface area contributed by atoms with Crippen molar-refractivity contribution in [1.82, 2.24) is 9.88 Å². The Kier molecular flexibility index (Phi) is 6.36. The highest BCUT2D eigenvalue weighted by molar-refractivity contribution is 7.92. The Morgan fingerprint density at radius 3 is 2.28 bits per heavy atom. The van der Waals surface area contributed by atoms with E-state index in [1.165, 1.54) is 10.6 Å². The third kappa shape index (κ3) is 4.76. The van der Waals surface area contributed by atoms with Gasteiger partial charge in [0.2, 0.25) is 15.9 Å². The molecule has 0 radical (unpaired) electrons. The first-order chi connectivity index (χ1) is 17.2. The van der Waals surface area contributed by atoms with Crippen LogP contribution >= 0.6 is 0 Å². The van der Waals surface area contributed by atoms with Gasteiger partial charge in [0, 0.05) is 40.5 Å². The molecule has 1 amide bonds. The van der Waals surface area contributed by atoms with E-state index >= 15 is 0 Å². The predicted octanol–water partition coefficient (Wildman–Crippen LogP) is 3.06. The van der Waals surface area contributed by atoms with Gasteiger partial charge in [-0.3, -0.25) is 18.8 Å². The van der Waals surface area contributed by atoms with Crippen LogP contribution in [0.25, 0.3) is 0 Å². The van der Waals surface area contributed by atoms with E-state index in [1.54, 1.807) is 42.6 Å². The van der Waals surface area contributed by atoms with Crippen molar-refractivity contribution in [3.8, 4) is 0 Å². The summed E-state index contributed by atoms with van der Waals surface area (Å²) in [5.41, 5.74) is 2.52. The summed E-state index contributed by atoms with van der Waals surface area (Å²) in [4.78, 5) is 31.7. The number of rotatable bonds is 6. The molecule has 0 unspecified atom stereocenters. The quantitative estimate of drug-likeness (QED) is 0.518. The predicted molar refractivity (Wildman–Crippen MR) is 139 cm³/mol. The molecule has 1 spiro atoms. The highest BCUT2D eigenvalue weighted by atomic mass is 32.2. The Balaban J connectivity index is 1.18. The summed E-state index contributed by atoms with van der Waals surface area (Å²) in [6, 6.07) is 19.8. The number of hydrogen-bond acceptors (Lipinski definition) is 6. The van der Waals surface area contributed by atoms with E-state index in [-0.39, 0.29) is 23.7 Å². The number of carbonyl (C=O) groups is 2. The molecule has 8 nitrogen and oxygen atoms in total. The maximum atomic E-state index is 12.7. The molecule has 0 aliphatic carbocycles. The van der Waals surface area contributed by atoms with E-state index in [2.05, 4.69) is 15.2 Å². The third-order valence-corrected chi connectivity index (χ3v) is 8.19. The second kappa shape index (κ2) is 9.48. The first kappa shape index (κ1) is 24.1. The zero-order valence-electron chi connectivity index (χ0n) is 20.1. The van der Waals surface area contributed by atoms with E-state index < -0.39 is 10.0 Å². The molecule has 9 heteroatoms. The minimum Gasteiger partial charge on any atom is -0.325 e. The molecule has 1 N–H and O–H groups in total.